The first-order valence-electron chi connectivity index (χ1n) is 8.20. The van der Waals surface area contributed by atoms with Crippen LogP contribution in [0, 0.1) is 0 Å². The predicted octanol–water partition coefficient (Wildman–Crippen LogP) is 1.81. The maximum atomic E-state index is 12.3. The highest BCUT2D eigenvalue weighted by molar-refractivity contribution is 5.82. The largest absolute Gasteiger partial charge is 0.341 e. The smallest absolute Gasteiger partial charge is 0.239 e. The molecule has 1 aliphatic carbocycles. The quantitative estimate of drug-likeness (QED) is 0.885. The molecule has 2 N–H and O–H groups in total. The highest BCUT2D eigenvalue weighted by Crippen LogP contribution is 2.24. The van der Waals surface area contributed by atoms with Crippen LogP contribution >= 0.6 is 0 Å². The summed E-state index contributed by atoms with van der Waals surface area (Å²) in [6, 6.07) is 10.1. The van der Waals surface area contributed by atoms with Crippen LogP contribution in [0.5, 0.6) is 0 Å². The zero-order valence-corrected chi connectivity index (χ0v) is 13.6. The van der Waals surface area contributed by atoms with E-state index in [1.807, 2.05) is 40.9 Å². The van der Waals surface area contributed by atoms with Gasteiger partial charge < -0.3 is 15.2 Å². The van der Waals surface area contributed by atoms with Gasteiger partial charge in [0.1, 0.15) is 0 Å². The van der Waals surface area contributed by atoms with Crippen molar-refractivity contribution in [1.82, 2.24) is 14.5 Å². The lowest BCUT2D eigenvalue weighted by Crippen LogP contribution is -2.49. The minimum atomic E-state index is -0.513. The van der Waals surface area contributed by atoms with Crippen LogP contribution in [0.1, 0.15) is 30.5 Å². The molecule has 1 atom stereocenters. The molecule has 122 valence electrons. The highest BCUT2D eigenvalue weighted by Gasteiger charge is 2.28. The number of carbonyl (C=O) groups is 1. The number of likely N-dealkylation sites (N-methyl/N-ethyl adjacent to an activating group) is 1. The molecule has 0 aliphatic heterocycles. The first-order chi connectivity index (χ1) is 11.1. The molecule has 1 amide bonds. The van der Waals surface area contributed by atoms with Gasteiger partial charge in [0.25, 0.3) is 0 Å². The van der Waals surface area contributed by atoms with Crippen molar-refractivity contribution in [1.29, 1.82) is 0 Å². The van der Waals surface area contributed by atoms with Crippen LogP contribution in [0.15, 0.2) is 42.9 Å². The standard InChI is InChI=1S/C18H24N4O/c1-21(16-8-5-9-16)18(23)17(19)10-15-12-22(13-20-15)11-14-6-3-2-4-7-14/h2-4,6-7,12-13,16-17H,5,8-11,19H2,1H3/t17-/m0/s1. The van der Waals surface area contributed by atoms with Gasteiger partial charge in [0.05, 0.1) is 18.1 Å². The molecule has 0 radical (unpaired) electrons. The number of aromatic nitrogens is 2. The molecule has 1 heterocycles. The molecular formula is C18H24N4O. The van der Waals surface area contributed by atoms with E-state index >= 15 is 0 Å². The van der Waals surface area contributed by atoms with Crippen LogP contribution in [0.4, 0.5) is 0 Å². The van der Waals surface area contributed by atoms with Crippen molar-refractivity contribution in [2.24, 2.45) is 5.73 Å². The van der Waals surface area contributed by atoms with Crippen molar-refractivity contribution >= 4 is 5.91 Å². The Hall–Kier alpha value is -2.14. The second-order valence-corrected chi connectivity index (χ2v) is 6.37. The van der Waals surface area contributed by atoms with E-state index in [4.69, 9.17) is 5.73 Å². The molecular weight excluding hydrogens is 288 g/mol. The monoisotopic (exact) mass is 312 g/mol. The maximum Gasteiger partial charge on any atom is 0.239 e. The van der Waals surface area contributed by atoms with E-state index in [-0.39, 0.29) is 5.91 Å². The summed E-state index contributed by atoms with van der Waals surface area (Å²) in [5, 5.41) is 0. The summed E-state index contributed by atoms with van der Waals surface area (Å²) in [5.74, 6) is 0.0207. The number of imidazole rings is 1. The molecule has 0 unspecified atom stereocenters. The molecule has 3 rings (SSSR count). The summed E-state index contributed by atoms with van der Waals surface area (Å²) in [4.78, 5) is 18.5. The van der Waals surface area contributed by atoms with Gasteiger partial charge in [0.2, 0.25) is 5.91 Å². The number of benzene rings is 1. The Bertz CT molecular complexity index is 648. The predicted molar refractivity (Wildman–Crippen MR) is 89.9 cm³/mol. The molecule has 0 bridgehead atoms. The van der Waals surface area contributed by atoms with Crippen molar-refractivity contribution in [2.45, 2.75) is 44.3 Å². The molecule has 1 fully saturated rings. The molecule has 0 saturated heterocycles. The average Bonchev–Trinajstić information content (AvgIpc) is 2.92. The summed E-state index contributed by atoms with van der Waals surface area (Å²) >= 11 is 0. The Morgan fingerprint density at radius 2 is 2.13 bits per heavy atom. The summed E-state index contributed by atoms with van der Waals surface area (Å²) in [5.41, 5.74) is 8.18. The van der Waals surface area contributed by atoms with Crippen LogP contribution in [0.2, 0.25) is 0 Å². The Balaban J connectivity index is 1.56. The van der Waals surface area contributed by atoms with Crippen LogP contribution in [0.25, 0.3) is 0 Å². The van der Waals surface area contributed by atoms with Gasteiger partial charge >= 0.3 is 0 Å². The SMILES string of the molecule is CN(C(=O)[C@@H](N)Cc1cn(Cc2ccccc2)cn1)C1CCC1. The molecule has 1 saturated carbocycles. The first-order valence-corrected chi connectivity index (χ1v) is 8.20. The van der Waals surface area contributed by atoms with Crippen molar-refractivity contribution in [3.8, 4) is 0 Å². The highest BCUT2D eigenvalue weighted by atomic mass is 16.2. The third kappa shape index (κ3) is 3.79. The second kappa shape index (κ2) is 6.96. The lowest BCUT2D eigenvalue weighted by Gasteiger charge is -2.36. The van der Waals surface area contributed by atoms with E-state index in [1.54, 1.807) is 6.33 Å². The number of hydrogen-bond acceptors (Lipinski definition) is 3. The van der Waals surface area contributed by atoms with E-state index < -0.39 is 6.04 Å². The van der Waals surface area contributed by atoms with Gasteiger partial charge in [-0.25, -0.2) is 4.98 Å². The summed E-state index contributed by atoms with van der Waals surface area (Å²) in [6.07, 6.45) is 7.67. The summed E-state index contributed by atoms with van der Waals surface area (Å²) in [7, 11) is 1.86. The Morgan fingerprint density at radius 3 is 2.78 bits per heavy atom. The molecule has 1 aliphatic rings. The van der Waals surface area contributed by atoms with E-state index in [9.17, 15) is 4.79 Å². The minimum Gasteiger partial charge on any atom is -0.341 e. The van der Waals surface area contributed by atoms with Crippen molar-refractivity contribution in [2.75, 3.05) is 7.05 Å². The normalized spacial score (nSPS) is 15.9. The summed E-state index contributed by atoms with van der Waals surface area (Å²) in [6.45, 7) is 0.777. The maximum absolute atomic E-state index is 12.3. The van der Waals surface area contributed by atoms with Gasteiger partial charge in [-0.1, -0.05) is 30.3 Å². The first kappa shape index (κ1) is 15.7. The van der Waals surface area contributed by atoms with Crippen LogP contribution < -0.4 is 5.73 Å². The van der Waals surface area contributed by atoms with E-state index in [0.717, 1.165) is 25.1 Å². The zero-order chi connectivity index (χ0) is 16.2. The second-order valence-electron chi connectivity index (χ2n) is 6.37. The molecule has 5 heteroatoms. The van der Waals surface area contributed by atoms with Crippen molar-refractivity contribution < 1.29 is 4.79 Å². The molecule has 5 nitrogen and oxygen atoms in total. The number of nitrogens with two attached hydrogens (primary N) is 1. The van der Waals surface area contributed by atoms with Crippen molar-refractivity contribution in [3.63, 3.8) is 0 Å². The molecule has 23 heavy (non-hydrogen) atoms. The van der Waals surface area contributed by atoms with Crippen LogP contribution in [-0.2, 0) is 17.8 Å². The molecule has 1 aromatic carbocycles. The fraction of sp³-hybridized carbons (Fsp3) is 0.444. The van der Waals surface area contributed by atoms with Gasteiger partial charge in [-0.3, -0.25) is 4.79 Å². The average molecular weight is 312 g/mol. The van der Waals surface area contributed by atoms with Gasteiger partial charge in [0.15, 0.2) is 0 Å². The minimum absolute atomic E-state index is 0.0207. The Morgan fingerprint density at radius 1 is 1.39 bits per heavy atom. The lowest BCUT2D eigenvalue weighted by molar-refractivity contribution is -0.134. The van der Waals surface area contributed by atoms with Crippen molar-refractivity contribution in [3.05, 3.63) is 54.1 Å². The third-order valence-electron chi connectivity index (χ3n) is 4.61. The molecule has 1 aromatic heterocycles. The van der Waals surface area contributed by atoms with Gasteiger partial charge in [-0.05, 0) is 24.8 Å². The molecule has 0 spiro atoms. The third-order valence-corrected chi connectivity index (χ3v) is 4.61. The van der Waals surface area contributed by atoms with Crippen LogP contribution in [-0.4, -0.2) is 39.5 Å². The molecule has 2 aromatic rings. The van der Waals surface area contributed by atoms with E-state index in [0.29, 0.717) is 12.5 Å². The zero-order valence-electron chi connectivity index (χ0n) is 13.6. The Labute approximate surface area is 137 Å². The lowest BCUT2D eigenvalue weighted by atomic mass is 9.91. The summed E-state index contributed by atoms with van der Waals surface area (Å²) < 4.78 is 2.03. The number of hydrogen-bond donors (Lipinski definition) is 1. The van der Waals surface area contributed by atoms with Gasteiger partial charge in [-0.15, -0.1) is 0 Å². The van der Waals surface area contributed by atoms with Gasteiger partial charge in [0, 0.05) is 32.3 Å². The Kier molecular flexibility index (Phi) is 4.76. The fourth-order valence-corrected chi connectivity index (χ4v) is 2.92. The van der Waals surface area contributed by atoms with E-state index in [2.05, 4.69) is 17.1 Å². The number of amides is 1. The van der Waals surface area contributed by atoms with Crippen LogP contribution in [0.3, 0.4) is 0 Å². The fourth-order valence-electron chi connectivity index (χ4n) is 2.92. The number of nitrogens with zero attached hydrogens (tertiary/aromatic N) is 3. The number of rotatable bonds is 6. The number of carbonyl (C=O) groups excluding carboxylic acids is 1. The van der Waals surface area contributed by atoms with Gasteiger partial charge in [-0.2, -0.15) is 0 Å². The van der Waals surface area contributed by atoms with E-state index in [1.165, 1.54) is 12.0 Å². The topological polar surface area (TPSA) is 64.2 Å².